The van der Waals surface area contributed by atoms with Crippen LogP contribution >= 0.6 is 0 Å². The van der Waals surface area contributed by atoms with E-state index in [1.165, 1.54) is 25.3 Å². The van der Waals surface area contributed by atoms with Crippen molar-refractivity contribution in [1.29, 1.82) is 0 Å². The van der Waals surface area contributed by atoms with Crippen LogP contribution in [0.2, 0.25) is 0 Å². The third-order valence-electron chi connectivity index (χ3n) is 2.84. The number of rotatable bonds is 0. The summed E-state index contributed by atoms with van der Waals surface area (Å²) < 4.78 is 0. The second-order valence-corrected chi connectivity index (χ2v) is 3.79. The van der Waals surface area contributed by atoms with Crippen molar-refractivity contribution in [2.75, 3.05) is 26.7 Å². The predicted octanol–water partition coefficient (Wildman–Crippen LogP) is 0.772. The van der Waals surface area contributed by atoms with Crippen LogP contribution in [0.5, 0.6) is 0 Å². The third kappa shape index (κ3) is 1.17. The van der Waals surface area contributed by atoms with Gasteiger partial charge in [-0.2, -0.15) is 0 Å². The van der Waals surface area contributed by atoms with E-state index in [1.54, 1.807) is 0 Å². The standard InChI is InChI=1S/C9H17N3/c1-8-4-3-6-12(8)9-10-5-7-11(9)2/h8H,3-7H2,1-2H3. The lowest BCUT2D eigenvalue weighted by Crippen LogP contribution is -2.41. The molecule has 0 aliphatic carbocycles. The van der Waals surface area contributed by atoms with Gasteiger partial charge in [0.25, 0.3) is 0 Å². The summed E-state index contributed by atoms with van der Waals surface area (Å²) in [4.78, 5) is 9.22. The summed E-state index contributed by atoms with van der Waals surface area (Å²) in [6.45, 7) is 5.57. The van der Waals surface area contributed by atoms with Crippen LogP contribution < -0.4 is 0 Å². The molecule has 2 aliphatic heterocycles. The molecule has 1 atom stereocenters. The normalized spacial score (nSPS) is 29.8. The van der Waals surface area contributed by atoms with Gasteiger partial charge in [0.1, 0.15) is 0 Å². The van der Waals surface area contributed by atoms with Gasteiger partial charge in [-0.3, -0.25) is 4.99 Å². The molecule has 2 rings (SSSR count). The van der Waals surface area contributed by atoms with Crippen molar-refractivity contribution in [3.63, 3.8) is 0 Å². The molecule has 0 aromatic heterocycles. The monoisotopic (exact) mass is 167 g/mol. The fourth-order valence-corrected chi connectivity index (χ4v) is 2.06. The van der Waals surface area contributed by atoms with E-state index in [9.17, 15) is 0 Å². The number of hydrogen-bond acceptors (Lipinski definition) is 3. The molecule has 3 nitrogen and oxygen atoms in total. The highest BCUT2D eigenvalue weighted by Crippen LogP contribution is 2.19. The van der Waals surface area contributed by atoms with E-state index in [2.05, 4.69) is 28.8 Å². The molecule has 2 heterocycles. The molecule has 3 heteroatoms. The lowest BCUT2D eigenvalue weighted by molar-refractivity contribution is 0.360. The predicted molar refractivity (Wildman–Crippen MR) is 50.3 cm³/mol. The molecule has 0 radical (unpaired) electrons. The van der Waals surface area contributed by atoms with Crippen LogP contribution in [0.15, 0.2) is 4.99 Å². The summed E-state index contributed by atoms with van der Waals surface area (Å²) in [6, 6.07) is 0.698. The lowest BCUT2D eigenvalue weighted by atomic mass is 10.2. The van der Waals surface area contributed by atoms with E-state index < -0.39 is 0 Å². The first-order valence-electron chi connectivity index (χ1n) is 4.81. The van der Waals surface area contributed by atoms with E-state index in [1.807, 2.05) is 0 Å². The van der Waals surface area contributed by atoms with Crippen molar-refractivity contribution < 1.29 is 0 Å². The Bertz CT molecular complexity index is 200. The van der Waals surface area contributed by atoms with Crippen molar-refractivity contribution in [1.82, 2.24) is 9.80 Å². The first-order valence-corrected chi connectivity index (χ1v) is 4.81. The quantitative estimate of drug-likeness (QED) is 0.531. The second-order valence-electron chi connectivity index (χ2n) is 3.79. The Morgan fingerprint density at radius 3 is 2.75 bits per heavy atom. The lowest BCUT2D eigenvalue weighted by Gasteiger charge is -2.27. The van der Waals surface area contributed by atoms with Gasteiger partial charge in [0, 0.05) is 26.2 Å². The van der Waals surface area contributed by atoms with Gasteiger partial charge in [-0.05, 0) is 19.8 Å². The highest BCUT2D eigenvalue weighted by atomic mass is 15.4. The van der Waals surface area contributed by atoms with Crippen molar-refractivity contribution in [3.8, 4) is 0 Å². The Labute approximate surface area is 74.1 Å². The molecular weight excluding hydrogens is 150 g/mol. The highest BCUT2D eigenvalue weighted by Gasteiger charge is 2.27. The van der Waals surface area contributed by atoms with Gasteiger partial charge in [0.05, 0.1) is 6.54 Å². The largest absolute Gasteiger partial charge is 0.344 e. The van der Waals surface area contributed by atoms with Gasteiger partial charge >= 0.3 is 0 Å². The van der Waals surface area contributed by atoms with Crippen molar-refractivity contribution in [2.24, 2.45) is 4.99 Å². The maximum Gasteiger partial charge on any atom is 0.196 e. The van der Waals surface area contributed by atoms with E-state index >= 15 is 0 Å². The number of aliphatic imine (C=N–C) groups is 1. The molecule has 1 fully saturated rings. The Morgan fingerprint density at radius 2 is 2.25 bits per heavy atom. The topological polar surface area (TPSA) is 18.8 Å². The number of guanidine groups is 1. The van der Waals surface area contributed by atoms with Crippen molar-refractivity contribution in [3.05, 3.63) is 0 Å². The maximum atomic E-state index is 4.52. The van der Waals surface area contributed by atoms with Crippen LogP contribution in [0, 0.1) is 0 Å². The summed E-state index contributed by atoms with van der Waals surface area (Å²) >= 11 is 0. The zero-order valence-corrected chi connectivity index (χ0v) is 7.95. The Balaban J connectivity index is 2.08. The van der Waals surface area contributed by atoms with E-state index in [-0.39, 0.29) is 0 Å². The van der Waals surface area contributed by atoms with Crippen LogP contribution in [0.25, 0.3) is 0 Å². The zero-order valence-electron chi connectivity index (χ0n) is 7.95. The van der Waals surface area contributed by atoms with Crippen LogP contribution in [0.4, 0.5) is 0 Å². The van der Waals surface area contributed by atoms with E-state index in [0.717, 1.165) is 13.1 Å². The third-order valence-corrected chi connectivity index (χ3v) is 2.84. The first kappa shape index (κ1) is 7.90. The van der Waals surface area contributed by atoms with Crippen molar-refractivity contribution in [2.45, 2.75) is 25.8 Å². The van der Waals surface area contributed by atoms with Crippen LogP contribution in [-0.2, 0) is 0 Å². The molecule has 0 amide bonds. The molecule has 0 N–H and O–H groups in total. The molecule has 68 valence electrons. The van der Waals surface area contributed by atoms with Gasteiger partial charge in [-0.25, -0.2) is 0 Å². The fourth-order valence-electron chi connectivity index (χ4n) is 2.06. The van der Waals surface area contributed by atoms with Crippen LogP contribution in [0.3, 0.4) is 0 Å². The summed E-state index contributed by atoms with van der Waals surface area (Å²) in [5.74, 6) is 1.22. The average molecular weight is 167 g/mol. The average Bonchev–Trinajstić information content (AvgIpc) is 2.59. The van der Waals surface area contributed by atoms with E-state index in [4.69, 9.17) is 0 Å². The van der Waals surface area contributed by atoms with Gasteiger partial charge in [-0.1, -0.05) is 0 Å². The van der Waals surface area contributed by atoms with Gasteiger partial charge in [0.15, 0.2) is 5.96 Å². The molecule has 0 spiro atoms. The zero-order chi connectivity index (χ0) is 8.55. The Kier molecular flexibility index (Phi) is 1.95. The molecule has 0 saturated carbocycles. The highest BCUT2D eigenvalue weighted by molar-refractivity contribution is 5.81. The second kappa shape index (κ2) is 2.96. The molecule has 1 unspecified atom stereocenters. The molecule has 2 aliphatic rings. The number of likely N-dealkylation sites (tertiary alicyclic amines) is 1. The molecule has 0 aromatic carbocycles. The number of hydrogen-bond donors (Lipinski definition) is 0. The maximum absolute atomic E-state index is 4.52. The molecule has 0 aromatic rings. The smallest absolute Gasteiger partial charge is 0.196 e. The minimum atomic E-state index is 0.698. The molecule has 1 saturated heterocycles. The Morgan fingerprint density at radius 1 is 1.42 bits per heavy atom. The summed E-state index contributed by atoms with van der Waals surface area (Å²) in [5.41, 5.74) is 0. The summed E-state index contributed by atoms with van der Waals surface area (Å²) in [7, 11) is 2.14. The molecule has 0 bridgehead atoms. The summed E-state index contributed by atoms with van der Waals surface area (Å²) in [5, 5.41) is 0. The Hall–Kier alpha value is -0.730. The minimum absolute atomic E-state index is 0.698. The van der Waals surface area contributed by atoms with E-state index in [0.29, 0.717) is 6.04 Å². The van der Waals surface area contributed by atoms with Crippen LogP contribution in [0.1, 0.15) is 19.8 Å². The number of likely N-dealkylation sites (N-methyl/N-ethyl adjacent to an activating group) is 1. The SMILES string of the molecule is CC1CCCN1C1=NCCN1C. The van der Waals surface area contributed by atoms with Gasteiger partial charge < -0.3 is 9.80 Å². The fraction of sp³-hybridized carbons (Fsp3) is 0.889. The van der Waals surface area contributed by atoms with Crippen LogP contribution in [-0.4, -0.2) is 48.5 Å². The summed E-state index contributed by atoms with van der Waals surface area (Å²) in [6.07, 6.45) is 2.65. The molecule has 12 heavy (non-hydrogen) atoms. The number of nitrogens with zero attached hydrogens (tertiary/aromatic N) is 3. The first-order chi connectivity index (χ1) is 5.79. The van der Waals surface area contributed by atoms with Gasteiger partial charge in [-0.15, -0.1) is 0 Å². The molecular formula is C9H17N3. The van der Waals surface area contributed by atoms with Gasteiger partial charge in [0.2, 0.25) is 0 Å². The van der Waals surface area contributed by atoms with Crippen molar-refractivity contribution >= 4 is 5.96 Å². The minimum Gasteiger partial charge on any atom is -0.344 e.